The second-order valence-electron chi connectivity index (χ2n) is 3.91. The van der Waals surface area contributed by atoms with Crippen LogP contribution in [0.2, 0.25) is 0 Å². The lowest BCUT2D eigenvalue weighted by Crippen LogP contribution is -2.02. The van der Waals surface area contributed by atoms with Crippen LogP contribution in [0.4, 0.5) is 10.1 Å². The van der Waals surface area contributed by atoms with Gasteiger partial charge in [-0.15, -0.1) is 0 Å². The van der Waals surface area contributed by atoms with Crippen LogP contribution < -0.4 is 5.73 Å². The summed E-state index contributed by atoms with van der Waals surface area (Å²) in [7, 11) is -1.37. The lowest BCUT2D eigenvalue weighted by molar-refractivity contribution is 0.614. The minimum absolute atomic E-state index is 0.102. The molecule has 2 aromatic carbocycles. The molecule has 6 heteroatoms. The third-order valence-electron chi connectivity index (χ3n) is 2.52. The summed E-state index contributed by atoms with van der Waals surface area (Å²) in [4.78, 5) is 0.519. The quantitative estimate of drug-likeness (QED) is 0.774. The van der Waals surface area contributed by atoms with E-state index < -0.39 is 10.8 Å². The molecule has 1 unspecified atom stereocenters. The largest absolute Gasteiger partial charge is 0.398 e. The van der Waals surface area contributed by atoms with Gasteiger partial charge in [0, 0.05) is 20.2 Å². The first-order valence-electron chi connectivity index (χ1n) is 5.34. The first-order chi connectivity index (χ1) is 8.97. The highest BCUT2D eigenvalue weighted by atomic mass is 79.9. The molecule has 0 aliphatic carbocycles. The van der Waals surface area contributed by atoms with E-state index in [2.05, 4.69) is 31.9 Å². The second kappa shape index (κ2) is 6.15. The first kappa shape index (κ1) is 14.7. The summed E-state index contributed by atoms with van der Waals surface area (Å²) in [6, 6.07) is 9.84. The van der Waals surface area contributed by atoms with Crippen molar-refractivity contribution >= 4 is 48.3 Å². The molecule has 0 amide bonds. The molecule has 2 N–H and O–H groups in total. The van der Waals surface area contributed by atoms with Crippen molar-refractivity contribution in [2.45, 2.75) is 10.6 Å². The Balaban J connectivity index is 2.25. The monoisotopic (exact) mass is 405 g/mol. The average molecular weight is 407 g/mol. The van der Waals surface area contributed by atoms with E-state index in [1.165, 1.54) is 6.07 Å². The Kier molecular flexibility index (Phi) is 4.76. The number of nitrogen functional groups attached to an aromatic ring is 1. The van der Waals surface area contributed by atoms with Crippen molar-refractivity contribution in [2.24, 2.45) is 0 Å². The number of nitrogens with two attached hydrogens (primary N) is 1. The predicted molar refractivity (Wildman–Crippen MR) is 82.8 cm³/mol. The van der Waals surface area contributed by atoms with Crippen LogP contribution in [0.1, 0.15) is 5.56 Å². The van der Waals surface area contributed by atoms with E-state index in [-0.39, 0.29) is 11.6 Å². The molecular weight excluding hydrogens is 397 g/mol. The summed E-state index contributed by atoms with van der Waals surface area (Å²) in [5, 5.41) is 0. The molecule has 0 aromatic heterocycles. The highest BCUT2D eigenvalue weighted by molar-refractivity contribution is 9.10. The Morgan fingerprint density at radius 3 is 2.37 bits per heavy atom. The van der Waals surface area contributed by atoms with Gasteiger partial charge < -0.3 is 5.73 Å². The maximum atomic E-state index is 13.7. The zero-order valence-corrected chi connectivity index (χ0v) is 13.7. The van der Waals surface area contributed by atoms with E-state index in [1.807, 2.05) is 0 Å². The van der Waals surface area contributed by atoms with Crippen molar-refractivity contribution in [1.82, 2.24) is 0 Å². The molecule has 0 fully saturated rings. The molecular formula is C13H10Br2FNOS. The standard InChI is InChI=1S/C13H10Br2FNOS/c14-9-2-1-8(11(16)5-9)7-19(18)13-4-3-10(15)6-12(13)17/h1-6H,7,17H2. The van der Waals surface area contributed by atoms with Gasteiger partial charge in [0.05, 0.1) is 21.4 Å². The lowest BCUT2D eigenvalue weighted by Gasteiger charge is -2.07. The third-order valence-corrected chi connectivity index (χ3v) is 4.94. The molecule has 0 radical (unpaired) electrons. The summed E-state index contributed by atoms with van der Waals surface area (Å²) >= 11 is 6.47. The van der Waals surface area contributed by atoms with Gasteiger partial charge in [-0.05, 0) is 30.3 Å². The Labute approximate surface area is 129 Å². The summed E-state index contributed by atoms with van der Waals surface area (Å²) in [5.41, 5.74) is 6.66. The summed E-state index contributed by atoms with van der Waals surface area (Å²) < 4.78 is 27.4. The van der Waals surface area contributed by atoms with Crippen molar-refractivity contribution in [3.8, 4) is 0 Å². The van der Waals surface area contributed by atoms with Gasteiger partial charge in [-0.2, -0.15) is 0 Å². The zero-order valence-electron chi connectivity index (χ0n) is 9.70. The van der Waals surface area contributed by atoms with Crippen LogP contribution >= 0.6 is 31.9 Å². The van der Waals surface area contributed by atoms with Gasteiger partial charge in [-0.25, -0.2) is 4.39 Å². The minimum atomic E-state index is -1.37. The van der Waals surface area contributed by atoms with Gasteiger partial charge in [0.25, 0.3) is 0 Å². The Bertz CT molecular complexity index is 649. The van der Waals surface area contributed by atoms with Gasteiger partial charge in [-0.1, -0.05) is 37.9 Å². The van der Waals surface area contributed by atoms with Gasteiger partial charge >= 0.3 is 0 Å². The SMILES string of the molecule is Nc1cc(Br)ccc1S(=O)Cc1ccc(Br)cc1F. The summed E-state index contributed by atoms with van der Waals surface area (Å²) in [6.07, 6.45) is 0. The highest BCUT2D eigenvalue weighted by Crippen LogP contribution is 2.24. The van der Waals surface area contributed by atoms with Gasteiger partial charge in [0.1, 0.15) is 5.82 Å². The second-order valence-corrected chi connectivity index (χ2v) is 7.16. The van der Waals surface area contributed by atoms with E-state index in [4.69, 9.17) is 5.73 Å². The first-order valence-corrected chi connectivity index (χ1v) is 8.25. The molecule has 0 saturated carbocycles. The molecule has 0 heterocycles. The Morgan fingerprint density at radius 1 is 1.11 bits per heavy atom. The number of hydrogen-bond donors (Lipinski definition) is 1. The van der Waals surface area contributed by atoms with E-state index in [0.29, 0.717) is 20.6 Å². The fraction of sp³-hybridized carbons (Fsp3) is 0.0769. The fourth-order valence-electron chi connectivity index (χ4n) is 1.58. The smallest absolute Gasteiger partial charge is 0.128 e. The molecule has 0 aliphatic heterocycles. The van der Waals surface area contributed by atoms with Crippen LogP contribution in [0.3, 0.4) is 0 Å². The Hall–Kier alpha value is -0.720. The number of anilines is 1. The van der Waals surface area contributed by atoms with E-state index in [0.717, 1.165) is 4.47 Å². The number of benzene rings is 2. The molecule has 0 aliphatic rings. The Morgan fingerprint density at radius 2 is 1.74 bits per heavy atom. The predicted octanol–water partition coefficient (Wildman–Crippen LogP) is 4.24. The van der Waals surface area contributed by atoms with E-state index >= 15 is 0 Å². The molecule has 100 valence electrons. The van der Waals surface area contributed by atoms with Crippen LogP contribution in [0.5, 0.6) is 0 Å². The number of rotatable bonds is 3. The zero-order chi connectivity index (χ0) is 14.0. The van der Waals surface area contributed by atoms with Crippen molar-refractivity contribution in [3.05, 3.63) is 56.7 Å². The molecule has 0 bridgehead atoms. The van der Waals surface area contributed by atoms with Crippen LogP contribution in [0.25, 0.3) is 0 Å². The van der Waals surface area contributed by atoms with Crippen LogP contribution in [-0.4, -0.2) is 4.21 Å². The van der Waals surface area contributed by atoms with Crippen molar-refractivity contribution < 1.29 is 8.60 Å². The molecule has 0 spiro atoms. The molecule has 2 aromatic rings. The number of halogens is 3. The highest BCUT2D eigenvalue weighted by Gasteiger charge is 2.12. The van der Waals surface area contributed by atoms with Crippen molar-refractivity contribution in [3.63, 3.8) is 0 Å². The molecule has 2 nitrogen and oxygen atoms in total. The van der Waals surface area contributed by atoms with E-state index in [1.54, 1.807) is 30.3 Å². The summed E-state index contributed by atoms with van der Waals surface area (Å²) in [5.74, 6) is -0.274. The van der Waals surface area contributed by atoms with Crippen molar-refractivity contribution in [2.75, 3.05) is 5.73 Å². The molecule has 1 atom stereocenters. The van der Waals surface area contributed by atoms with Crippen LogP contribution in [0, 0.1) is 5.82 Å². The molecule has 0 saturated heterocycles. The lowest BCUT2D eigenvalue weighted by atomic mass is 10.2. The average Bonchev–Trinajstić information content (AvgIpc) is 2.32. The van der Waals surface area contributed by atoms with Gasteiger partial charge in [0.2, 0.25) is 0 Å². The maximum absolute atomic E-state index is 13.7. The van der Waals surface area contributed by atoms with E-state index in [9.17, 15) is 8.60 Å². The summed E-state index contributed by atoms with van der Waals surface area (Å²) in [6.45, 7) is 0. The molecule has 2 rings (SSSR count). The number of hydrogen-bond acceptors (Lipinski definition) is 2. The minimum Gasteiger partial charge on any atom is -0.398 e. The topological polar surface area (TPSA) is 43.1 Å². The van der Waals surface area contributed by atoms with Gasteiger partial charge in [0.15, 0.2) is 0 Å². The molecule has 19 heavy (non-hydrogen) atoms. The van der Waals surface area contributed by atoms with Crippen molar-refractivity contribution in [1.29, 1.82) is 0 Å². The van der Waals surface area contributed by atoms with Crippen LogP contribution in [0.15, 0.2) is 50.2 Å². The van der Waals surface area contributed by atoms with Crippen LogP contribution in [-0.2, 0) is 16.6 Å². The maximum Gasteiger partial charge on any atom is 0.128 e. The normalized spacial score (nSPS) is 12.4. The fourth-order valence-corrected chi connectivity index (χ4v) is 3.51. The van der Waals surface area contributed by atoms with Gasteiger partial charge in [-0.3, -0.25) is 4.21 Å². The third kappa shape index (κ3) is 3.64.